The zero-order valence-electron chi connectivity index (χ0n) is 9.59. The van der Waals surface area contributed by atoms with Gasteiger partial charge in [0.05, 0.1) is 10.6 Å². The van der Waals surface area contributed by atoms with Crippen molar-refractivity contribution in [3.05, 3.63) is 32.4 Å². The summed E-state index contributed by atoms with van der Waals surface area (Å²) >= 11 is 8.14. The molecule has 1 aromatic carbocycles. The second-order valence-electron chi connectivity index (χ2n) is 4.17. The van der Waals surface area contributed by atoms with Crippen LogP contribution in [0.15, 0.2) is 18.2 Å². The molecule has 0 aliphatic heterocycles. The van der Waals surface area contributed by atoms with Crippen molar-refractivity contribution >= 4 is 52.5 Å². The Labute approximate surface area is 126 Å². The van der Waals surface area contributed by atoms with E-state index in [2.05, 4.69) is 27.9 Å². The molecule has 1 rings (SSSR count). The first kappa shape index (κ1) is 17.0. The molecule has 0 saturated carbocycles. The quantitative estimate of drug-likeness (QED) is 0.782. The van der Waals surface area contributed by atoms with Crippen LogP contribution in [-0.2, 0) is 0 Å². The maximum absolute atomic E-state index is 11.9. The van der Waals surface area contributed by atoms with E-state index in [0.29, 0.717) is 17.1 Å². The third-order valence-electron chi connectivity index (χ3n) is 2.14. The van der Waals surface area contributed by atoms with E-state index in [1.165, 1.54) is 0 Å². The van der Waals surface area contributed by atoms with Crippen molar-refractivity contribution < 1.29 is 4.79 Å². The van der Waals surface area contributed by atoms with Crippen molar-refractivity contribution in [2.24, 2.45) is 5.73 Å². The molecule has 1 aromatic rings. The van der Waals surface area contributed by atoms with E-state index >= 15 is 0 Å². The highest BCUT2D eigenvalue weighted by Gasteiger charge is 2.20. The van der Waals surface area contributed by atoms with Crippen LogP contribution in [0.1, 0.15) is 24.2 Å². The highest BCUT2D eigenvalue weighted by Crippen LogP contribution is 2.19. The molecule has 0 unspecified atom stereocenters. The smallest absolute Gasteiger partial charge is 0.253 e. The van der Waals surface area contributed by atoms with E-state index in [-0.39, 0.29) is 18.3 Å². The van der Waals surface area contributed by atoms with Gasteiger partial charge in [0.1, 0.15) is 0 Å². The molecule has 0 fully saturated rings. The van der Waals surface area contributed by atoms with E-state index in [1.807, 2.05) is 19.9 Å². The lowest BCUT2D eigenvalue weighted by Gasteiger charge is -2.24. The van der Waals surface area contributed by atoms with Crippen LogP contribution in [0, 0.1) is 3.57 Å². The summed E-state index contributed by atoms with van der Waals surface area (Å²) in [7, 11) is 0. The van der Waals surface area contributed by atoms with Crippen LogP contribution < -0.4 is 11.1 Å². The predicted octanol–water partition coefficient (Wildman–Crippen LogP) is 2.83. The number of hydrogen-bond donors (Lipinski definition) is 2. The second-order valence-corrected chi connectivity index (χ2v) is 5.82. The number of nitrogens with two attached hydrogens (primary N) is 1. The summed E-state index contributed by atoms with van der Waals surface area (Å²) in [6.45, 7) is 4.11. The Kier molecular flexibility index (Phi) is 6.76. The minimum absolute atomic E-state index is 0. The lowest BCUT2D eigenvalue weighted by Crippen LogP contribution is -2.48. The first-order valence-corrected chi connectivity index (χ1v) is 6.29. The van der Waals surface area contributed by atoms with Crippen LogP contribution in [-0.4, -0.2) is 18.0 Å². The number of halogens is 3. The zero-order valence-corrected chi connectivity index (χ0v) is 13.3. The van der Waals surface area contributed by atoms with Crippen molar-refractivity contribution in [3.63, 3.8) is 0 Å². The fourth-order valence-electron chi connectivity index (χ4n) is 1.10. The molecule has 0 spiro atoms. The number of hydrogen-bond acceptors (Lipinski definition) is 2. The minimum atomic E-state index is -0.427. The van der Waals surface area contributed by atoms with Crippen molar-refractivity contribution in [1.29, 1.82) is 0 Å². The molecule has 0 radical (unpaired) electrons. The van der Waals surface area contributed by atoms with Crippen LogP contribution in [0.25, 0.3) is 0 Å². The summed E-state index contributed by atoms with van der Waals surface area (Å²) in [6.07, 6.45) is 0. The average Bonchev–Trinajstić information content (AvgIpc) is 2.16. The van der Waals surface area contributed by atoms with Gasteiger partial charge >= 0.3 is 0 Å². The Hall–Kier alpha value is -0.0400. The number of nitrogens with one attached hydrogen (secondary N) is 1. The fourth-order valence-corrected chi connectivity index (χ4v) is 2.04. The molecular weight excluding hydrogens is 374 g/mol. The normalized spacial score (nSPS) is 10.6. The average molecular weight is 389 g/mol. The van der Waals surface area contributed by atoms with Crippen LogP contribution in [0.3, 0.4) is 0 Å². The third-order valence-corrected chi connectivity index (χ3v) is 3.12. The molecular formula is C11H15Cl2IN2O. The largest absolute Gasteiger partial charge is 0.346 e. The van der Waals surface area contributed by atoms with E-state index in [1.54, 1.807) is 12.1 Å². The van der Waals surface area contributed by atoms with Crippen molar-refractivity contribution in [3.8, 4) is 0 Å². The Bertz CT molecular complexity index is 410. The van der Waals surface area contributed by atoms with Gasteiger partial charge in [0.15, 0.2) is 0 Å². The fraction of sp³-hybridized carbons (Fsp3) is 0.364. The first-order chi connectivity index (χ1) is 7.35. The van der Waals surface area contributed by atoms with Gasteiger partial charge in [0.25, 0.3) is 5.91 Å². The van der Waals surface area contributed by atoms with Gasteiger partial charge in [-0.3, -0.25) is 4.79 Å². The number of carbonyl (C=O) groups excluding carboxylic acids is 1. The van der Waals surface area contributed by atoms with E-state index < -0.39 is 5.54 Å². The monoisotopic (exact) mass is 388 g/mol. The Morgan fingerprint density at radius 3 is 2.59 bits per heavy atom. The highest BCUT2D eigenvalue weighted by atomic mass is 127. The molecule has 0 aliphatic rings. The van der Waals surface area contributed by atoms with Crippen molar-refractivity contribution in [2.45, 2.75) is 19.4 Å². The molecule has 0 bridgehead atoms. The molecule has 1 amide bonds. The number of amides is 1. The van der Waals surface area contributed by atoms with Crippen molar-refractivity contribution in [1.82, 2.24) is 5.32 Å². The number of carbonyl (C=O) groups is 1. The highest BCUT2D eigenvalue weighted by molar-refractivity contribution is 14.1. The van der Waals surface area contributed by atoms with Gasteiger partial charge in [-0.2, -0.15) is 0 Å². The molecule has 0 atom stereocenters. The predicted molar refractivity (Wildman–Crippen MR) is 82.0 cm³/mol. The van der Waals surface area contributed by atoms with Gasteiger partial charge in [-0.25, -0.2) is 0 Å². The van der Waals surface area contributed by atoms with E-state index in [9.17, 15) is 4.79 Å². The molecule has 0 aliphatic carbocycles. The van der Waals surface area contributed by atoms with Gasteiger partial charge < -0.3 is 11.1 Å². The zero-order chi connectivity index (χ0) is 12.3. The number of benzene rings is 1. The maximum atomic E-state index is 11.9. The number of rotatable bonds is 3. The Morgan fingerprint density at radius 1 is 1.53 bits per heavy atom. The van der Waals surface area contributed by atoms with E-state index in [4.69, 9.17) is 17.3 Å². The van der Waals surface area contributed by atoms with Crippen LogP contribution in [0.5, 0.6) is 0 Å². The minimum Gasteiger partial charge on any atom is -0.346 e. The summed E-state index contributed by atoms with van der Waals surface area (Å²) in [6, 6.07) is 5.31. The van der Waals surface area contributed by atoms with E-state index in [0.717, 1.165) is 3.57 Å². The summed E-state index contributed by atoms with van der Waals surface area (Å²) in [5.74, 6) is -0.197. The van der Waals surface area contributed by atoms with Crippen LogP contribution >= 0.6 is 46.6 Å². The SMILES string of the molecule is CC(C)(CN)NC(=O)c1ccc(I)cc1Cl.Cl. The summed E-state index contributed by atoms with van der Waals surface area (Å²) in [4.78, 5) is 11.9. The lowest BCUT2D eigenvalue weighted by atomic mass is 10.1. The standard InChI is InChI=1S/C11H14ClIN2O.ClH/c1-11(2,6-14)15-10(16)8-4-3-7(13)5-9(8)12;/h3-5H,6,14H2,1-2H3,(H,15,16);1H. The van der Waals surface area contributed by atoms with Crippen LogP contribution in [0.2, 0.25) is 5.02 Å². The Balaban J connectivity index is 0.00000256. The molecule has 96 valence electrons. The summed E-state index contributed by atoms with van der Waals surface area (Å²) in [5.41, 5.74) is 5.59. The van der Waals surface area contributed by atoms with Crippen LogP contribution in [0.4, 0.5) is 0 Å². The maximum Gasteiger partial charge on any atom is 0.253 e. The molecule has 0 saturated heterocycles. The van der Waals surface area contributed by atoms with Gasteiger partial charge in [-0.15, -0.1) is 12.4 Å². The van der Waals surface area contributed by atoms with Crippen molar-refractivity contribution in [2.75, 3.05) is 6.54 Å². The second kappa shape index (κ2) is 6.78. The molecule has 0 heterocycles. The molecule has 6 heteroatoms. The Morgan fingerprint density at radius 2 is 2.12 bits per heavy atom. The summed E-state index contributed by atoms with van der Waals surface area (Å²) in [5, 5.41) is 3.29. The lowest BCUT2D eigenvalue weighted by molar-refractivity contribution is 0.0916. The third kappa shape index (κ3) is 4.99. The van der Waals surface area contributed by atoms with Gasteiger partial charge in [-0.1, -0.05) is 11.6 Å². The van der Waals surface area contributed by atoms with Gasteiger partial charge in [0, 0.05) is 15.7 Å². The van der Waals surface area contributed by atoms with Gasteiger partial charge in [0.2, 0.25) is 0 Å². The molecule has 0 aromatic heterocycles. The topological polar surface area (TPSA) is 55.1 Å². The van der Waals surface area contributed by atoms with Gasteiger partial charge in [-0.05, 0) is 54.6 Å². The molecule has 3 nitrogen and oxygen atoms in total. The summed E-state index contributed by atoms with van der Waals surface area (Å²) < 4.78 is 0.997. The molecule has 3 N–H and O–H groups in total. The first-order valence-electron chi connectivity index (χ1n) is 4.83. The molecule has 17 heavy (non-hydrogen) atoms.